The minimum atomic E-state index is -0.0958. The van der Waals surface area contributed by atoms with Crippen LogP contribution in [0.1, 0.15) is 36.8 Å². The summed E-state index contributed by atoms with van der Waals surface area (Å²) in [6.07, 6.45) is 7.60. The molecule has 10 aromatic carbocycles. The van der Waals surface area contributed by atoms with Crippen molar-refractivity contribution in [2.24, 2.45) is 9.98 Å². The van der Waals surface area contributed by atoms with Gasteiger partial charge in [-0.25, -0.2) is 0 Å². The van der Waals surface area contributed by atoms with Gasteiger partial charge in [0.15, 0.2) is 0 Å². The first-order valence-electron chi connectivity index (χ1n) is 22.3. The van der Waals surface area contributed by atoms with Crippen LogP contribution >= 0.6 is 0 Å². The van der Waals surface area contributed by atoms with Gasteiger partial charge in [-0.05, 0) is 90.3 Å². The van der Waals surface area contributed by atoms with Gasteiger partial charge in [0.1, 0.15) is 11.5 Å². The molecule has 0 aromatic heterocycles. The van der Waals surface area contributed by atoms with Gasteiger partial charge in [0, 0.05) is 45.8 Å². The Morgan fingerprint density at radius 2 is 0.703 bits per heavy atom. The van der Waals surface area contributed by atoms with Crippen molar-refractivity contribution in [1.82, 2.24) is 0 Å². The Balaban J connectivity index is 1.00. The molecule has 0 aliphatic heterocycles. The van der Waals surface area contributed by atoms with Gasteiger partial charge in [0.25, 0.3) is 0 Å². The van der Waals surface area contributed by atoms with Crippen molar-refractivity contribution in [3.8, 4) is 56.0 Å². The second kappa shape index (κ2) is 16.8. The Morgan fingerprint density at radius 3 is 1.11 bits per heavy atom. The van der Waals surface area contributed by atoms with Crippen LogP contribution in [0, 0.1) is 0 Å². The lowest BCUT2D eigenvalue weighted by Gasteiger charge is -2.26. The van der Waals surface area contributed by atoms with E-state index in [2.05, 4.69) is 158 Å². The summed E-state index contributed by atoms with van der Waals surface area (Å²) in [4.78, 5) is 10.5. The first-order chi connectivity index (χ1) is 31.6. The van der Waals surface area contributed by atoms with Gasteiger partial charge >= 0.3 is 0 Å². The van der Waals surface area contributed by atoms with Crippen molar-refractivity contribution < 1.29 is 10.2 Å². The van der Waals surface area contributed by atoms with Gasteiger partial charge in [-0.15, -0.1) is 0 Å². The third kappa shape index (κ3) is 7.07. The van der Waals surface area contributed by atoms with E-state index in [1.54, 1.807) is 0 Å². The molecule has 1 saturated carbocycles. The number of benzene rings is 10. The average molecular weight is 827 g/mol. The minimum absolute atomic E-state index is 0.0958. The number of rotatable bonds is 8. The molecule has 11 rings (SSSR count). The maximum Gasteiger partial charge on any atom is 0.132 e. The number of fused-ring (bicyclic) bond motifs is 4. The molecule has 0 amide bonds. The van der Waals surface area contributed by atoms with Crippen LogP contribution in [-0.2, 0) is 0 Å². The number of phenolic OH excluding ortho intramolecular Hbond substituents is 2. The van der Waals surface area contributed by atoms with Crippen LogP contribution in [0.4, 0.5) is 0 Å². The zero-order valence-electron chi connectivity index (χ0n) is 35.4. The first kappa shape index (κ1) is 39.1. The molecule has 4 heteroatoms. The fourth-order valence-electron chi connectivity index (χ4n) is 10.0. The third-order valence-corrected chi connectivity index (χ3v) is 13.1. The fourth-order valence-corrected chi connectivity index (χ4v) is 10.0. The predicted molar refractivity (Wildman–Crippen MR) is 269 cm³/mol. The van der Waals surface area contributed by atoms with Crippen LogP contribution in [0.2, 0.25) is 0 Å². The Labute approximate surface area is 373 Å². The number of phenols is 2. The lowest BCUT2D eigenvalue weighted by Crippen LogP contribution is -2.27. The van der Waals surface area contributed by atoms with Crippen LogP contribution < -0.4 is 0 Å². The Hall–Kier alpha value is -7.82. The largest absolute Gasteiger partial charge is 0.507 e. The lowest BCUT2D eigenvalue weighted by molar-refractivity contribution is 0.390. The molecular weight excluding hydrogens is 781 g/mol. The Morgan fingerprint density at radius 1 is 0.359 bits per heavy atom. The summed E-state index contributed by atoms with van der Waals surface area (Å²) >= 11 is 0. The molecule has 2 atom stereocenters. The molecule has 64 heavy (non-hydrogen) atoms. The van der Waals surface area contributed by atoms with Gasteiger partial charge in [-0.2, -0.15) is 0 Å². The molecule has 2 N–H and O–H groups in total. The van der Waals surface area contributed by atoms with E-state index in [1.807, 2.05) is 48.8 Å². The maximum atomic E-state index is 12.5. The van der Waals surface area contributed by atoms with Crippen LogP contribution in [0.3, 0.4) is 0 Å². The summed E-state index contributed by atoms with van der Waals surface area (Å²) in [6, 6.07) is 66.9. The van der Waals surface area contributed by atoms with Gasteiger partial charge in [0.2, 0.25) is 0 Å². The molecule has 4 nitrogen and oxygen atoms in total. The number of nitrogens with zero attached hydrogens (tertiary/aromatic N) is 2. The number of aliphatic imine (C=N–C) groups is 2. The second-order valence-corrected chi connectivity index (χ2v) is 16.9. The van der Waals surface area contributed by atoms with Crippen LogP contribution in [0.15, 0.2) is 204 Å². The summed E-state index contributed by atoms with van der Waals surface area (Å²) in [5.41, 5.74) is 9.27. The van der Waals surface area contributed by atoms with Crippen LogP contribution in [-0.4, -0.2) is 34.7 Å². The van der Waals surface area contributed by atoms with E-state index in [-0.39, 0.29) is 23.6 Å². The van der Waals surface area contributed by atoms with E-state index >= 15 is 0 Å². The monoisotopic (exact) mass is 826 g/mol. The summed E-state index contributed by atoms with van der Waals surface area (Å²) in [5.74, 6) is 0.424. The molecule has 0 heterocycles. The topological polar surface area (TPSA) is 65.2 Å². The van der Waals surface area contributed by atoms with Gasteiger partial charge in [-0.1, -0.05) is 195 Å². The molecule has 1 fully saturated rings. The van der Waals surface area contributed by atoms with E-state index in [0.717, 1.165) is 113 Å². The Kier molecular flexibility index (Phi) is 10.3. The van der Waals surface area contributed by atoms with Crippen molar-refractivity contribution in [1.29, 1.82) is 0 Å². The van der Waals surface area contributed by atoms with E-state index in [1.165, 1.54) is 0 Å². The predicted octanol–water partition coefficient (Wildman–Crippen LogP) is 15.2. The first-order valence-corrected chi connectivity index (χ1v) is 22.3. The zero-order chi connectivity index (χ0) is 43.0. The molecule has 1 aliphatic rings. The zero-order valence-corrected chi connectivity index (χ0v) is 35.4. The van der Waals surface area contributed by atoms with Crippen molar-refractivity contribution in [3.05, 3.63) is 205 Å². The quantitative estimate of drug-likeness (QED) is 0.150. The fraction of sp³-hybridized carbons (Fsp3) is 0.100. The maximum absolute atomic E-state index is 12.5. The molecule has 0 unspecified atom stereocenters. The van der Waals surface area contributed by atoms with Crippen LogP contribution in [0.5, 0.6) is 11.5 Å². The van der Waals surface area contributed by atoms with Crippen molar-refractivity contribution in [3.63, 3.8) is 0 Å². The molecule has 10 aromatic rings. The van der Waals surface area contributed by atoms with Crippen molar-refractivity contribution in [2.45, 2.75) is 37.8 Å². The standard InChI is InChI=1S/C60H46N2O2/c63-59-45(35-43-23-9-13-27-49(43)57(59)55-47-25-11-7-21-41(47)31-33-51(55)39-17-3-1-4-18-39)37-61-53-29-15-16-30-54(53)62-38-46-36-44-24-10-14-28-50(44)58(60(46)64)56-48-26-12-8-22-42(48)32-34-52(56)40-19-5-2-6-20-40/h1-14,17-28,31-38,53-54,63-64H,15-16,29-30H2/b61-37+,62-38+/t53-,54-/m0/s1. The van der Waals surface area contributed by atoms with E-state index in [9.17, 15) is 10.2 Å². The third-order valence-electron chi connectivity index (χ3n) is 13.1. The van der Waals surface area contributed by atoms with E-state index in [4.69, 9.17) is 9.98 Å². The molecule has 0 bridgehead atoms. The minimum Gasteiger partial charge on any atom is -0.507 e. The SMILES string of the molecule is Oc1c(/C=N/[C@H]2CCCC[C@@H]2/N=C/c2cc3ccccc3c(-c3c(-c4ccccc4)ccc4ccccc34)c2O)cc2ccccc2c1-c1c(-c2ccccc2)ccc2ccccc12. The van der Waals surface area contributed by atoms with Gasteiger partial charge in [0.05, 0.1) is 12.1 Å². The summed E-state index contributed by atoms with van der Waals surface area (Å²) in [5, 5.41) is 33.4. The number of hydrogen-bond donors (Lipinski definition) is 2. The van der Waals surface area contributed by atoms with Crippen molar-refractivity contribution in [2.75, 3.05) is 0 Å². The van der Waals surface area contributed by atoms with E-state index in [0.29, 0.717) is 11.1 Å². The summed E-state index contributed by atoms with van der Waals surface area (Å²) in [7, 11) is 0. The summed E-state index contributed by atoms with van der Waals surface area (Å²) in [6.45, 7) is 0. The number of aromatic hydroxyl groups is 2. The molecule has 0 spiro atoms. The molecule has 0 radical (unpaired) electrons. The molecule has 1 aliphatic carbocycles. The molecule has 0 saturated heterocycles. The van der Waals surface area contributed by atoms with Gasteiger partial charge < -0.3 is 10.2 Å². The molecule has 308 valence electrons. The normalized spacial score (nSPS) is 15.6. The second-order valence-electron chi connectivity index (χ2n) is 16.9. The number of hydrogen-bond acceptors (Lipinski definition) is 4. The highest BCUT2D eigenvalue weighted by atomic mass is 16.3. The average Bonchev–Trinajstić information content (AvgIpc) is 3.35. The highest BCUT2D eigenvalue weighted by molar-refractivity contribution is 6.16. The summed E-state index contributed by atoms with van der Waals surface area (Å²) < 4.78 is 0. The highest BCUT2D eigenvalue weighted by Crippen LogP contribution is 2.48. The van der Waals surface area contributed by atoms with Gasteiger partial charge in [-0.3, -0.25) is 9.98 Å². The van der Waals surface area contributed by atoms with E-state index < -0.39 is 0 Å². The van der Waals surface area contributed by atoms with Crippen molar-refractivity contribution >= 4 is 55.5 Å². The lowest BCUT2D eigenvalue weighted by atomic mass is 9.86. The highest BCUT2D eigenvalue weighted by Gasteiger charge is 2.26. The smallest absolute Gasteiger partial charge is 0.132 e. The van der Waals surface area contributed by atoms with Crippen LogP contribution in [0.25, 0.3) is 87.6 Å². The molecular formula is C60H46N2O2. The Bertz CT molecular complexity index is 3200.